The number of carbonyl (C=O) groups is 1. The summed E-state index contributed by atoms with van der Waals surface area (Å²) >= 11 is 0. The van der Waals surface area contributed by atoms with Gasteiger partial charge < -0.3 is 14.5 Å². The molecule has 0 saturated carbocycles. The number of benzene rings is 2. The summed E-state index contributed by atoms with van der Waals surface area (Å²) in [6.45, 7) is 2.28. The van der Waals surface area contributed by atoms with Gasteiger partial charge in [-0.2, -0.15) is 5.26 Å². The van der Waals surface area contributed by atoms with Crippen LogP contribution >= 0.6 is 0 Å². The summed E-state index contributed by atoms with van der Waals surface area (Å²) in [5.74, 6) is 0.220. The molecule has 1 aromatic heterocycles. The topological polar surface area (TPSA) is 82.3 Å². The number of hydrogen-bond acceptors (Lipinski definition) is 7. The standard InChI is InChI=1S/C23H23N5O2/c1-27-11-12-28(18(14-24)15-27)23-21(25-19-9-5-6-10-20(19)26-23)13-22(29)30-16-17-7-3-2-4-8-17/h2-10,18H,11-13,15-16H2,1H3. The number of ether oxygens (including phenoxy) is 1. The van der Waals surface area contributed by atoms with E-state index in [1.54, 1.807) is 0 Å². The number of nitriles is 1. The summed E-state index contributed by atoms with van der Waals surface area (Å²) in [6, 6.07) is 19.1. The van der Waals surface area contributed by atoms with E-state index in [0.717, 1.165) is 23.1 Å². The Balaban J connectivity index is 1.61. The van der Waals surface area contributed by atoms with Crippen molar-refractivity contribution in [2.75, 3.05) is 31.6 Å². The van der Waals surface area contributed by atoms with Crippen LogP contribution in [-0.4, -0.2) is 53.6 Å². The van der Waals surface area contributed by atoms with Crippen molar-refractivity contribution in [2.45, 2.75) is 19.1 Å². The molecule has 0 radical (unpaired) electrons. The highest BCUT2D eigenvalue weighted by Gasteiger charge is 2.29. The Morgan fingerprint density at radius 1 is 1.10 bits per heavy atom. The molecule has 1 aliphatic heterocycles. The van der Waals surface area contributed by atoms with Gasteiger partial charge in [-0.1, -0.05) is 42.5 Å². The van der Waals surface area contributed by atoms with Crippen molar-refractivity contribution in [1.29, 1.82) is 5.26 Å². The Morgan fingerprint density at radius 2 is 1.80 bits per heavy atom. The van der Waals surface area contributed by atoms with Crippen molar-refractivity contribution in [3.63, 3.8) is 0 Å². The van der Waals surface area contributed by atoms with E-state index >= 15 is 0 Å². The molecule has 0 aliphatic carbocycles. The molecule has 0 bridgehead atoms. The lowest BCUT2D eigenvalue weighted by atomic mass is 10.1. The van der Waals surface area contributed by atoms with Gasteiger partial charge in [0.1, 0.15) is 12.6 Å². The van der Waals surface area contributed by atoms with Crippen LogP contribution in [0, 0.1) is 11.3 Å². The maximum absolute atomic E-state index is 12.6. The normalized spacial score (nSPS) is 16.9. The molecule has 0 N–H and O–H groups in total. The molecule has 1 unspecified atom stereocenters. The fraction of sp³-hybridized carbons (Fsp3) is 0.304. The molecule has 2 heterocycles. The van der Waals surface area contributed by atoms with Gasteiger partial charge in [0.15, 0.2) is 5.82 Å². The van der Waals surface area contributed by atoms with Crippen LogP contribution in [-0.2, 0) is 22.6 Å². The van der Waals surface area contributed by atoms with Crippen molar-refractivity contribution >= 4 is 22.8 Å². The number of piperazine rings is 1. The summed E-state index contributed by atoms with van der Waals surface area (Å²) in [7, 11) is 2.00. The molecule has 7 nitrogen and oxygen atoms in total. The Labute approximate surface area is 175 Å². The molecule has 0 amide bonds. The van der Waals surface area contributed by atoms with Crippen molar-refractivity contribution < 1.29 is 9.53 Å². The van der Waals surface area contributed by atoms with Crippen LogP contribution in [0.2, 0.25) is 0 Å². The summed E-state index contributed by atoms with van der Waals surface area (Å²) in [6.07, 6.45) is 0.00445. The van der Waals surface area contributed by atoms with E-state index in [0.29, 0.717) is 24.6 Å². The first kappa shape index (κ1) is 19.8. The molecule has 2 aromatic carbocycles. The highest BCUT2D eigenvalue weighted by Crippen LogP contribution is 2.25. The van der Waals surface area contributed by atoms with Crippen LogP contribution < -0.4 is 4.90 Å². The van der Waals surface area contributed by atoms with Gasteiger partial charge in [-0.05, 0) is 24.7 Å². The van der Waals surface area contributed by atoms with Gasteiger partial charge >= 0.3 is 5.97 Å². The lowest BCUT2D eigenvalue weighted by molar-refractivity contribution is -0.144. The van der Waals surface area contributed by atoms with Crippen molar-refractivity contribution in [1.82, 2.24) is 14.9 Å². The average molecular weight is 401 g/mol. The minimum atomic E-state index is -0.368. The molecule has 30 heavy (non-hydrogen) atoms. The molecule has 1 saturated heterocycles. The van der Waals surface area contributed by atoms with Crippen LogP contribution in [0.15, 0.2) is 54.6 Å². The molecule has 3 aromatic rings. The molecular formula is C23H23N5O2. The minimum Gasteiger partial charge on any atom is -0.461 e. The Kier molecular flexibility index (Phi) is 5.87. The van der Waals surface area contributed by atoms with E-state index in [4.69, 9.17) is 14.7 Å². The SMILES string of the molecule is CN1CCN(c2nc3ccccc3nc2CC(=O)OCc2ccccc2)C(C#N)C1. The first-order valence-electron chi connectivity index (χ1n) is 9.94. The monoisotopic (exact) mass is 401 g/mol. The molecule has 4 rings (SSSR count). The zero-order chi connectivity index (χ0) is 20.9. The Morgan fingerprint density at radius 3 is 2.53 bits per heavy atom. The van der Waals surface area contributed by atoms with Crippen molar-refractivity contribution in [3.8, 4) is 6.07 Å². The van der Waals surface area contributed by atoms with E-state index < -0.39 is 0 Å². The maximum Gasteiger partial charge on any atom is 0.312 e. The molecular weight excluding hydrogens is 378 g/mol. The first-order chi connectivity index (χ1) is 14.6. The largest absolute Gasteiger partial charge is 0.461 e. The van der Waals surface area contributed by atoms with Gasteiger partial charge in [0.05, 0.1) is 29.2 Å². The third-order valence-corrected chi connectivity index (χ3v) is 5.18. The third-order valence-electron chi connectivity index (χ3n) is 5.18. The first-order valence-corrected chi connectivity index (χ1v) is 9.94. The third kappa shape index (κ3) is 4.39. The van der Waals surface area contributed by atoms with E-state index in [2.05, 4.69) is 11.0 Å². The van der Waals surface area contributed by atoms with Gasteiger partial charge in [-0.25, -0.2) is 9.97 Å². The predicted octanol–water partition coefficient (Wildman–Crippen LogP) is 2.56. The van der Waals surface area contributed by atoms with Crippen LogP contribution in [0.3, 0.4) is 0 Å². The Hall–Kier alpha value is -3.50. The number of para-hydroxylation sites is 2. The van der Waals surface area contributed by atoms with Crippen LogP contribution in [0.4, 0.5) is 5.82 Å². The molecule has 152 valence electrons. The smallest absolute Gasteiger partial charge is 0.312 e. The summed E-state index contributed by atoms with van der Waals surface area (Å²) in [5, 5.41) is 9.68. The molecule has 1 fully saturated rings. The zero-order valence-electron chi connectivity index (χ0n) is 16.9. The molecule has 0 spiro atoms. The number of rotatable bonds is 5. The number of hydrogen-bond donors (Lipinski definition) is 0. The van der Waals surface area contributed by atoms with Gasteiger partial charge in [-0.3, -0.25) is 4.79 Å². The second kappa shape index (κ2) is 8.89. The van der Waals surface area contributed by atoms with Gasteiger partial charge in [-0.15, -0.1) is 0 Å². The van der Waals surface area contributed by atoms with Crippen molar-refractivity contribution in [3.05, 3.63) is 65.9 Å². The highest BCUT2D eigenvalue weighted by atomic mass is 16.5. The van der Waals surface area contributed by atoms with E-state index in [1.165, 1.54) is 0 Å². The minimum absolute atomic E-state index is 0.00445. The Bertz CT molecular complexity index is 1080. The van der Waals surface area contributed by atoms with Crippen LogP contribution in [0.5, 0.6) is 0 Å². The number of esters is 1. The van der Waals surface area contributed by atoms with E-state index in [1.807, 2.05) is 66.5 Å². The summed E-state index contributed by atoms with van der Waals surface area (Å²) in [5.41, 5.74) is 2.93. The fourth-order valence-electron chi connectivity index (χ4n) is 3.59. The van der Waals surface area contributed by atoms with Crippen LogP contribution in [0.1, 0.15) is 11.3 Å². The maximum atomic E-state index is 12.6. The van der Waals surface area contributed by atoms with Gasteiger partial charge in [0.25, 0.3) is 0 Å². The van der Waals surface area contributed by atoms with Gasteiger partial charge in [0, 0.05) is 19.6 Å². The quantitative estimate of drug-likeness (QED) is 0.608. The van der Waals surface area contributed by atoms with Gasteiger partial charge in [0.2, 0.25) is 0 Å². The molecule has 7 heteroatoms. The van der Waals surface area contributed by atoms with E-state index in [-0.39, 0.29) is 25.0 Å². The molecule has 1 atom stereocenters. The highest BCUT2D eigenvalue weighted by molar-refractivity contribution is 5.80. The number of nitrogens with zero attached hydrogens (tertiary/aromatic N) is 5. The number of carbonyl (C=O) groups excluding carboxylic acids is 1. The van der Waals surface area contributed by atoms with Crippen molar-refractivity contribution in [2.24, 2.45) is 0 Å². The fourth-order valence-corrected chi connectivity index (χ4v) is 3.59. The zero-order valence-corrected chi connectivity index (χ0v) is 16.9. The second-order valence-electron chi connectivity index (χ2n) is 7.41. The molecule has 1 aliphatic rings. The average Bonchev–Trinajstić information content (AvgIpc) is 2.78. The summed E-state index contributed by atoms with van der Waals surface area (Å²) in [4.78, 5) is 26.1. The summed E-state index contributed by atoms with van der Waals surface area (Å²) < 4.78 is 5.46. The second-order valence-corrected chi connectivity index (χ2v) is 7.41. The number of aromatic nitrogens is 2. The number of anilines is 1. The van der Waals surface area contributed by atoms with Crippen LogP contribution in [0.25, 0.3) is 11.0 Å². The predicted molar refractivity (Wildman–Crippen MR) is 114 cm³/mol. The number of likely N-dealkylation sites (N-methyl/N-ethyl adjacent to an activating group) is 1. The number of fused-ring (bicyclic) bond motifs is 1. The lowest BCUT2D eigenvalue weighted by Gasteiger charge is -2.37. The lowest BCUT2D eigenvalue weighted by Crippen LogP contribution is -2.52. The van der Waals surface area contributed by atoms with E-state index in [9.17, 15) is 10.1 Å².